The van der Waals surface area contributed by atoms with Gasteiger partial charge in [-0.2, -0.15) is 0 Å². The van der Waals surface area contributed by atoms with Crippen LogP contribution < -0.4 is 10.2 Å². The molecule has 1 aliphatic rings. The molecular formula is C19H22N2O. The first-order chi connectivity index (χ1) is 10.8. The molecule has 2 aromatic rings. The zero-order valence-electron chi connectivity index (χ0n) is 13.0. The summed E-state index contributed by atoms with van der Waals surface area (Å²) in [6, 6.07) is 18.0. The van der Waals surface area contributed by atoms with Crippen LogP contribution in [0, 0.1) is 0 Å². The van der Waals surface area contributed by atoms with Crippen molar-refractivity contribution >= 4 is 17.3 Å². The summed E-state index contributed by atoms with van der Waals surface area (Å²) in [6.45, 7) is 4.09. The van der Waals surface area contributed by atoms with E-state index < -0.39 is 0 Å². The van der Waals surface area contributed by atoms with E-state index in [1.54, 1.807) is 0 Å². The van der Waals surface area contributed by atoms with Gasteiger partial charge in [-0.1, -0.05) is 42.5 Å². The van der Waals surface area contributed by atoms with E-state index in [0.29, 0.717) is 0 Å². The Morgan fingerprint density at radius 3 is 2.36 bits per heavy atom. The third kappa shape index (κ3) is 3.14. The topological polar surface area (TPSA) is 32.3 Å². The van der Waals surface area contributed by atoms with Gasteiger partial charge in [-0.15, -0.1) is 0 Å². The summed E-state index contributed by atoms with van der Waals surface area (Å²) >= 11 is 0. The Kier molecular flexibility index (Phi) is 4.42. The van der Waals surface area contributed by atoms with Crippen LogP contribution in [0.4, 0.5) is 11.4 Å². The van der Waals surface area contributed by atoms with E-state index in [9.17, 15) is 4.79 Å². The number of benzene rings is 2. The molecule has 1 fully saturated rings. The predicted octanol–water partition coefficient (Wildman–Crippen LogP) is 4.03. The van der Waals surface area contributed by atoms with Crippen molar-refractivity contribution in [3.05, 3.63) is 60.2 Å². The molecule has 0 aliphatic carbocycles. The first-order valence-electron chi connectivity index (χ1n) is 7.95. The van der Waals surface area contributed by atoms with Gasteiger partial charge in [-0.05, 0) is 37.5 Å². The molecule has 22 heavy (non-hydrogen) atoms. The van der Waals surface area contributed by atoms with Gasteiger partial charge in [-0.3, -0.25) is 4.79 Å². The molecule has 0 unspecified atom stereocenters. The summed E-state index contributed by atoms with van der Waals surface area (Å²) in [6.07, 6.45) is 2.45. The largest absolute Gasteiger partial charge is 0.370 e. The maximum Gasteiger partial charge on any atom is 0.231 e. The van der Waals surface area contributed by atoms with Gasteiger partial charge in [0.1, 0.15) is 0 Å². The number of hydrogen-bond donors (Lipinski definition) is 1. The lowest BCUT2D eigenvalue weighted by Gasteiger charge is -2.22. The number of carbonyl (C=O) groups is 1. The molecule has 0 aromatic heterocycles. The van der Waals surface area contributed by atoms with Gasteiger partial charge in [0.05, 0.1) is 17.3 Å². The fourth-order valence-electron chi connectivity index (χ4n) is 2.95. The molecule has 0 saturated carbocycles. The van der Waals surface area contributed by atoms with Crippen LogP contribution in [-0.4, -0.2) is 19.0 Å². The van der Waals surface area contributed by atoms with Gasteiger partial charge in [0.25, 0.3) is 0 Å². The minimum Gasteiger partial charge on any atom is -0.370 e. The van der Waals surface area contributed by atoms with Gasteiger partial charge in [0.15, 0.2) is 0 Å². The van der Waals surface area contributed by atoms with E-state index in [0.717, 1.165) is 30.0 Å². The van der Waals surface area contributed by atoms with Gasteiger partial charge in [-0.25, -0.2) is 0 Å². The summed E-state index contributed by atoms with van der Waals surface area (Å²) in [5.41, 5.74) is 3.09. The fraction of sp³-hybridized carbons (Fsp3) is 0.316. The van der Waals surface area contributed by atoms with Crippen molar-refractivity contribution in [1.82, 2.24) is 0 Å². The predicted molar refractivity (Wildman–Crippen MR) is 91.4 cm³/mol. The molecule has 0 radical (unpaired) electrons. The van der Waals surface area contributed by atoms with Crippen molar-refractivity contribution in [3.8, 4) is 0 Å². The minimum absolute atomic E-state index is 0.0397. The maximum atomic E-state index is 12.6. The Morgan fingerprint density at radius 1 is 1.00 bits per heavy atom. The molecule has 1 amide bonds. The first kappa shape index (κ1) is 14.6. The second-order valence-electron chi connectivity index (χ2n) is 5.83. The Labute approximate surface area is 132 Å². The number of hydrogen-bond acceptors (Lipinski definition) is 2. The summed E-state index contributed by atoms with van der Waals surface area (Å²) in [5, 5.41) is 3.11. The maximum absolute atomic E-state index is 12.6. The molecule has 3 rings (SSSR count). The lowest BCUT2D eigenvalue weighted by molar-refractivity contribution is -0.117. The Bertz CT molecular complexity index is 633. The third-order valence-electron chi connectivity index (χ3n) is 4.30. The average Bonchev–Trinajstić information content (AvgIpc) is 3.10. The second-order valence-corrected chi connectivity index (χ2v) is 5.83. The fourth-order valence-corrected chi connectivity index (χ4v) is 2.95. The standard InChI is InChI=1S/C19H22N2O/c1-15(16-9-3-2-4-10-16)19(22)20-17-11-5-6-12-18(17)21-13-7-8-14-21/h2-6,9-12,15H,7-8,13-14H2,1H3,(H,20,22)/t15-/m1/s1. The second kappa shape index (κ2) is 6.65. The van der Waals surface area contributed by atoms with Crippen molar-refractivity contribution in [2.45, 2.75) is 25.7 Å². The van der Waals surface area contributed by atoms with Crippen molar-refractivity contribution in [3.63, 3.8) is 0 Å². The molecule has 1 aliphatic heterocycles. The summed E-state index contributed by atoms with van der Waals surface area (Å²) in [4.78, 5) is 14.9. The Balaban J connectivity index is 1.77. The van der Waals surface area contributed by atoms with Crippen LogP contribution in [0.5, 0.6) is 0 Å². The van der Waals surface area contributed by atoms with E-state index >= 15 is 0 Å². The molecule has 0 spiro atoms. The highest BCUT2D eigenvalue weighted by Gasteiger charge is 2.19. The summed E-state index contributed by atoms with van der Waals surface area (Å²) < 4.78 is 0. The lowest BCUT2D eigenvalue weighted by Crippen LogP contribution is -2.23. The number of amides is 1. The summed E-state index contributed by atoms with van der Waals surface area (Å²) in [7, 11) is 0. The van der Waals surface area contributed by atoms with Gasteiger partial charge < -0.3 is 10.2 Å². The molecule has 1 saturated heterocycles. The minimum atomic E-state index is -0.159. The molecule has 2 aromatic carbocycles. The molecule has 3 nitrogen and oxygen atoms in total. The Hall–Kier alpha value is -2.29. The average molecular weight is 294 g/mol. The van der Waals surface area contributed by atoms with Gasteiger partial charge >= 0.3 is 0 Å². The van der Waals surface area contributed by atoms with Crippen LogP contribution in [0.3, 0.4) is 0 Å². The number of nitrogens with one attached hydrogen (secondary N) is 1. The van der Waals surface area contributed by atoms with E-state index in [2.05, 4.69) is 16.3 Å². The Morgan fingerprint density at radius 2 is 1.64 bits per heavy atom. The number of rotatable bonds is 4. The molecule has 1 N–H and O–H groups in total. The van der Waals surface area contributed by atoms with Crippen molar-refractivity contribution in [2.24, 2.45) is 0 Å². The third-order valence-corrected chi connectivity index (χ3v) is 4.30. The first-order valence-corrected chi connectivity index (χ1v) is 7.95. The quantitative estimate of drug-likeness (QED) is 0.923. The number of nitrogens with zero attached hydrogens (tertiary/aromatic N) is 1. The van der Waals surface area contributed by atoms with E-state index in [4.69, 9.17) is 0 Å². The molecule has 3 heteroatoms. The highest BCUT2D eigenvalue weighted by molar-refractivity contribution is 5.98. The SMILES string of the molecule is C[C@@H](C(=O)Nc1ccccc1N1CCCC1)c1ccccc1. The normalized spacial score (nSPS) is 15.6. The van der Waals surface area contributed by atoms with Crippen LogP contribution in [0.25, 0.3) is 0 Å². The van der Waals surface area contributed by atoms with Gasteiger partial charge in [0.2, 0.25) is 5.91 Å². The number of para-hydroxylation sites is 2. The van der Waals surface area contributed by atoms with Gasteiger partial charge in [0, 0.05) is 13.1 Å². The van der Waals surface area contributed by atoms with E-state index in [-0.39, 0.29) is 11.8 Å². The van der Waals surface area contributed by atoms with Crippen molar-refractivity contribution in [1.29, 1.82) is 0 Å². The monoisotopic (exact) mass is 294 g/mol. The van der Waals surface area contributed by atoms with E-state index in [1.807, 2.05) is 55.5 Å². The highest BCUT2D eigenvalue weighted by atomic mass is 16.1. The number of anilines is 2. The van der Waals surface area contributed by atoms with Crippen LogP contribution in [0.15, 0.2) is 54.6 Å². The van der Waals surface area contributed by atoms with Crippen LogP contribution in [0.1, 0.15) is 31.2 Å². The molecular weight excluding hydrogens is 272 g/mol. The zero-order valence-corrected chi connectivity index (χ0v) is 13.0. The zero-order chi connectivity index (χ0) is 15.4. The van der Waals surface area contributed by atoms with Crippen LogP contribution in [-0.2, 0) is 4.79 Å². The molecule has 114 valence electrons. The smallest absolute Gasteiger partial charge is 0.231 e. The molecule has 0 bridgehead atoms. The molecule has 1 atom stereocenters. The van der Waals surface area contributed by atoms with Crippen molar-refractivity contribution < 1.29 is 4.79 Å². The van der Waals surface area contributed by atoms with Crippen molar-refractivity contribution in [2.75, 3.05) is 23.3 Å². The highest BCUT2D eigenvalue weighted by Crippen LogP contribution is 2.29. The van der Waals surface area contributed by atoms with Crippen LogP contribution >= 0.6 is 0 Å². The lowest BCUT2D eigenvalue weighted by atomic mass is 10.0. The summed E-state index contributed by atoms with van der Waals surface area (Å²) in [5.74, 6) is -0.120. The number of carbonyl (C=O) groups excluding carboxylic acids is 1. The van der Waals surface area contributed by atoms with E-state index in [1.165, 1.54) is 12.8 Å². The molecule has 1 heterocycles. The van der Waals surface area contributed by atoms with Crippen LogP contribution in [0.2, 0.25) is 0 Å².